The molecular weight excluding hydrogens is 228 g/mol. The summed E-state index contributed by atoms with van der Waals surface area (Å²) >= 11 is 5.92. The maximum Gasteiger partial charge on any atom is 0.150 e. The number of anilines is 2. The lowest BCUT2D eigenvalue weighted by Crippen LogP contribution is -2.12. The summed E-state index contributed by atoms with van der Waals surface area (Å²) in [6, 6.07) is 1.87. The molecule has 2 heterocycles. The molecule has 0 aromatic carbocycles. The van der Waals surface area contributed by atoms with E-state index in [2.05, 4.69) is 20.4 Å². The first kappa shape index (κ1) is 10.7. The number of nitrogen functional groups attached to an aromatic ring is 1. The monoisotopic (exact) mass is 238 g/mol. The third kappa shape index (κ3) is 2.40. The average molecular weight is 239 g/mol. The van der Waals surface area contributed by atoms with Gasteiger partial charge in [0.15, 0.2) is 5.82 Å². The van der Waals surface area contributed by atoms with Crippen LogP contribution in [0.25, 0.3) is 0 Å². The van der Waals surface area contributed by atoms with E-state index in [-0.39, 0.29) is 5.82 Å². The van der Waals surface area contributed by atoms with Crippen LogP contribution in [0, 0.1) is 0 Å². The van der Waals surface area contributed by atoms with E-state index in [1.165, 1.54) is 6.33 Å². The molecule has 0 spiro atoms. The summed E-state index contributed by atoms with van der Waals surface area (Å²) in [4.78, 5) is 7.77. The van der Waals surface area contributed by atoms with Gasteiger partial charge in [0.25, 0.3) is 0 Å². The summed E-state index contributed by atoms with van der Waals surface area (Å²) in [5.41, 5.74) is 5.55. The van der Waals surface area contributed by atoms with Crippen LogP contribution in [0.1, 0.15) is 0 Å². The zero-order valence-corrected chi connectivity index (χ0v) is 9.22. The molecule has 84 valence electrons. The molecule has 0 amide bonds. The molecule has 2 rings (SSSR count). The quantitative estimate of drug-likeness (QED) is 0.831. The van der Waals surface area contributed by atoms with Gasteiger partial charge in [0, 0.05) is 18.9 Å². The molecule has 0 unspecified atom stereocenters. The van der Waals surface area contributed by atoms with Gasteiger partial charge in [-0.3, -0.25) is 4.68 Å². The molecule has 2 aromatic heterocycles. The normalized spacial score (nSPS) is 10.3. The SMILES string of the molecule is Nc1ncnc(NCCn2cccn2)c1Cl. The van der Waals surface area contributed by atoms with Crippen molar-refractivity contribution in [3.05, 3.63) is 29.8 Å². The predicted molar refractivity (Wildman–Crippen MR) is 62.2 cm³/mol. The van der Waals surface area contributed by atoms with E-state index in [1.807, 2.05) is 16.9 Å². The molecule has 0 atom stereocenters. The molecule has 0 fully saturated rings. The average Bonchev–Trinajstić information content (AvgIpc) is 2.77. The predicted octanol–water partition coefficient (Wildman–Crippen LogP) is 1.02. The van der Waals surface area contributed by atoms with E-state index >= 15 is 0 Å². The lowest BCUT2D eigenvalue weighted by molar-refractivity contribution is 0.637. The van der Waals surface area contributed by atoms with Crippen molar-refractivity contribution < 1.29 is 0 Å². The Morgan fingerprint density at radius 3 is 3.06 bits per heavy atom. The Labute approximate surface area is 97.5 Å². The standard InChI is InChI=1S/C9H11ClN6/c10-7-8(11)13-6-14-9(7)12-3-5-16-4-1-2-15-16/h1-2,4,6H,3,5H2,(H3,11,12,13,14). The summed E-state index contributed by atoms with van der Waals surface area (Å²) in [7, 11) is 0. The number of nitrogens with two attached hydrogens (primary N) is 1. The number of nitrogens with zero attached hydrogens (tertiary/aromatic N) is 4. The van der Waals surface area contributed by atoms with Crippen molar-refractivity contribution in [2.24, 2.45) is 0 Å². The molecule has 6 nitrogen and oxygen atoms in total. The Bertz CT molecular complexity index is 455. The zero-order chi connectivity index (χ0) is 11.4. The first-order valence-corrected chi connectivity index (χ1v) is 5.12. The molecular formula is C9H11ClN6. The third-order valence-corrected chi connectivity index (χ3v) is 2.38. The first-order valence-electron chi connectivity index (χ1n) is 4.74. The van der Waals surface area contributed by atoms with E-state index in [0.717, 1.165) is 6.54 Å². The number of hydrogen-bond acceptors (Lipinski definition) is 5. The minimum Gasteiger partial charge on any atom is -0.382 e. The Morgan fingerprint density at radius 2 is 2.31 bits per heavy atom. The van der Waals surface area contributed by atoms with E-state index in [4.69, 9.17) is 17.3 Å². The van der Waals surface area contributed by atoms with Crippen molar-refractivity contribution in [3.8, 4) is 0 Å². The Kier molecular flexibility index (Phi) is 3.21. The number of nitrogens with one attached hydrogen (secondary N) is 1. The molecule has 16 heavy (non-hydrogen) atoms. The second-order valence-electron chi connectivity index (χ2n) is 3.12. The van der Waals surface area contributed by atoms with E-state index in [9.17, 15) is 0 Å². The van der Waals surface area contributed by atoms with Crippen LogP contribution in [0.3, 0.4) is 0 Å². The molecule has 0 bridgehead atoms. The van der Waals surface area contributed by atoms with Crippen molar-refractivity contribution in [1.82, 2.24) is 19.7 Å². The molecule has 0 aliphatic heterocycles. The van der Waals surface area contributed by atoms with E-state index in [1.54, 1.807) is 6.20 Å². The maximum absolute atomic E-state index is 5.92. The van der Waals surface area contributed by atoms with Crippen molar-refractivity contribution in [2.45, 2.75) is 6.54 Å². The highest BCUT2D eigenvalue weighted by Gasteiger charge is 2.04. The number of halogens is 1. The number of aromatic nitrogens is 4. The van der Waals surface area contributed by atoms with Crippen LogP contribution in [0.15, 0.2) is 24.8 Å². The minimum absolute atomic E-state index is 0.276. The van der Waals surface area contributed by atoms with Crippen LogP contribution in [0.2, 0.25) is 5.02 Å². The topological polar surface area (TPSA) is 81.6 Å². The Hall–Kier alpha value is -1.82. The highest BCUT2D eigenvalue weighted by molar-refractivity contribution is 6.35. The molecule has 0 radical (unpaired) electrons. The van der Waals surface area contributed by atoms with Gasteiger partial charge in [-0.05, 0) is 6.07 Å². The van der Waals surface area contributed by atoms with Crippen molar-refractivity contribution in [1.29, 1.82) is 0 Å². The highest BCUT2D eigenvalue weighted by Crippen LogP contribution is 2.22. The van der Waals surface area contributed by atoms with Crippen LogP contribution in [-0.4, -0.2) is 26.3 Å². The molecule has 0 aliphatic rings. The Balaban J connectivity index is 1.92. The second kappa shape index (κ2) is 4.80. The lowest BCUT2D eigenvalue weighted by atomic mass is 10.5. The van der Waals surface area contributed by atoms with Crippen LogP contribution in [0.4, 0.5) is 11.6 Å². The molecule has 0 saturated carbocycles. The maximum atomic E-state index is 5.92. The fourth-order valence-corrected chi connectivity index (χ4v) is 1.39. The van der Waals surface area contributed by atoms with Crippen molar-refractivity contribution >= 4 is 23.2 Å². The van der Waals surface area contributed by atoms with Gasteiger partial charge in [-0.15, -0.1) is 0 Å². The molecule has 3 N–H and O–H groups in total. The van der Waals surface area contributed by atoms with Crippen molar-refractivity contribution in [3.63, 3.8) is 0 Å². The van der Waals surface area contributed by atoms with E-state index in [0.29, 0.717) is 17.4 Å². The zero-order valence-electron chi connectivity index (χ0n) is 8.47. The van der Waals surface area contributed by atoms with Gasteiger partial charge in [0.05, 0.1) is 6.54 Å². The van der Waals surface area contributed by atoms with Crippen LogP contribution in [0.5, 0.6) is 0 Å². The number of rotatable bonds is 4. The smallest absolute Gasteiger partial charge is 0.150 e. The lowest BCUT2D eigenvalue weighted by Gasteiger charge is -2.07. The summed E-state index contributed by atoms with van der Waals surface area (Å²) in [6.07, 6.45) is 4.99. The minimum atomic E-state index is 0.276. The van der Waals surface area contributed by atoms with E-state index < -0.39 is 0 Å². The second-order valence-corrected chi connectivity index (χ2v) is 3.50. The summed E-state index contributed by atoms with van der Waals surface area (Å²) in [5, 5.41) is 7.49. The van der Waals surface area contributed by atoms with Crippen molar-refractivity contribution in [2.75, 3.05) is 17.6 Å². The van der Waals surface area contributed by atoms with Gasteiger partial charge in [-0.1, -0.05) is 11.6 Å². The highest BCUT2D eigenvalue weighted by atomic mass is 35.5. The fraction of sp³-hybridized carbons (Fsp3) is 0.222. The van der Waals surface area contributed by atoms with Gasteiger partial charge in [-0.25, -0.2) is 9.97 Å². The van der Waals surface area contributed by atoms with Gasteiger partial charge in [0.2, 0.25) is 0 Å². The van der Waals surface area contributed by atoms with Crippen LogP contribution < -0.4 is 11.1 Å². The molecule has 7 heteroatoms. The van der Waals surface area contributed by atoms with Gasteiger partial charge < -0.3 is 11.1 Å². The number of hydrogen-bond donors (Lipinski definition) is 2. The molecule has 2 aromatic rings. The fourth-order valence-electron chi connectivity index (χ4n) is 1.23. The van der Waals surface area contributed by atoms with Crippen LogP contribution in [-0.2, 0) is 6.54 Å². The Morgan fingerprint density at radius 1 is 1.44 bits per heavy atom. The summed E-state index contributed by atoms with van der Waals surface area (Å²) in [6.45, 7) is 1.39. The third-order valence-electron chi connectivity index (χ3n) is 2.01. The largest absolute Gasteiger partial charge is 0.382 e. The van der Waals surface area contributed by atoms with Gasteiger partial charge in [-0.2, -0.15) is 5.10 Å². The summed E-state index contributed by atoms with van der Waals surface area (Å²) in [5.74, 6) is 0.819. The van der Waals surface area contributed by atoms with Gasteiger partial charge >= 0.3 is 0 Å². The molecule has 0 saturated heterocycles. The van der Waals surface area contributed by atoms with Crippen LogP contribution >= 0.6 is 11.6 Å². The van der Waals surface area contributed by atoms with Gasteiger partial charge in [0.1, 0.15) is 17.2 Å². The molecule has 0 aliphatic carbocycles. The first-order chi connectivity index (χ1) is 7.77. The summed E-state index contributed by atoms with van der Waals surface area (Å²) < 4.78 is 1.81.